The van der Waals surface area contributed by atoms with Crippen molar-refractivity contribution < 1.29 is 4.79 Å². The first-order chi connectivity index (χ1) is 16.2. The first-order valence-corrected chi connectivity index (χ1v) is 13.1. The molecular formula is C28H38ClN3O. The molecule has 5 heteroatoms. The van der Waals surface area contributed by atoms with E-state index < -0.39 is 0 Å². The highest BCUT2D eigenvalue weighted by molar-refractivity contribution is 6.30. The Hall–Kier alpha value is -1.88. The maximum atomic E-state index is 12.8. The molecule has 1 aliphatic heterocycles. The molecule has 1 saturated carbocycles. The summed E-state index contributed by atoms with van der Waals surface area (Å²) in [5.41, 5.74) is 2.53. The van der Waals surface area contributed by atoms with E-state index in [0.717, 1.165) is 56.6 Å². The molecule has 178 valence electrons. The van der Waals surface area contributed by atoms with Gasteiger partial charge in [-0.15, -0.1) is 0 Å². The zero-order valence-corrected chi connectivity index (χ0v) is 20.5. The molecule has 0 spiro atoms. The molecule has 2 aliphatic rings. The molecular weight excluding hydrogens is 430 g/mol. The number of nitrogens with one attached hydrogen (secondary N) is 1. The van der Waals surface area contributed by atoms with Gasteiger partial charge in [-0.3, -0.25) is 9.69 Å². The van der Waals surface area contributed by atoms with Crippen LogP contribution in [0.5, 0.6) is 0 Å². The molecule has 1 unspecified atom stereocenters. The summed E-state index contributed by atoms with van der Waals surface area (Å²) < 4.78 is 0. The lowest BCUT2D eigenvalue weighted by atomic mass is 9.89. The number of rotatable bonds is 9. The lowest BCUT2D eigenvalue weighted by Crippen LogP contribution is -2.49. The minimum Gasteiger partial charge on any atom is -0.340 e. The molecule has 0 aromatic heterocycles. The second-order valence-electron chi connectivity index (χ2n) is 9.59. The van der Waals surface area contributed by atoms with Crippen molar-refractivity contribution >= 4 is 17.5 Å². The van der Waals surface area contributed by atoms with Gasteiger partial charge in [-0.25, -0.2) is 0 Å². The summed E-state index contributed by atoms with van der Waals surface area (Å²) in [6.07, 6.45) is 8.51. The van der Waals surface area contributed by atoms with Crippen LogP contribution in [0.25, 0.3) is 0 Å². The van der Waals surface area contributed by atoms with Crippen molar-refractivity contribution in [1.82, 2.24) is 15.1 Å². The summed E-state index contributed by atoms with van der Waals surface area (Å²) in [5, 5.41) is 4.35. The molecule has 2 fully saturated rings. The van der Waals surface area contributed by atoms with Crippen LogP contribution >= 0.6 is 11.6 Å². The molecule has 2 aromatic rings. The van der Waals surface area contributed by atoms with Gasteiger partial charge in [0.05, 0.1) is 6.04 Å². The number of amides is 1. The lowest BCUT2D eigenvalue weighted by Gasteiger charge is -2.40. The van der Waals surface area contributed by atoms with Gasteiger partial charge in [-0.2, -0.15) is 0 Å². The SMILES string of the molecule is O=C(CCCNCC1CCCCC1)N1CCN(C(c2ccccc2)c2ccc(Cl)cc2)CC1. The number of hydrogen-bond acceptors (Lipinski definition) is 3. The lowest BCUT2D eigenvalue weighted by molar-refractivity contribution is -0.133. The van der Waals surface area contributed by atoms with Crippen LogP contribution in [0, 0.1) is 5.92 Å². The minimum absolute atomic E-state index is 0.185. The van der Waals surface area contributed by atoms with Crippen molar-refractivity contribution in [2.24, 2.45) is 5.92 Å². The van der Waals surface area contributed by atoms with Crippen LogP contribution < -0.4 is 5.32 Å². The van der Waals surface area contributed by atoms with Crippen molar-refractivity contribution in [2.45, 2.75) is 51.0 Å². The fourth-order valence-corrected chi connectivity index (χ4v) is 5.47. The highest BCUT2D eigenvalue weighted by Gasteiger charge is 2.28. The van der Waals surface area contributed by atoms with Crippen LogP contribution in [-0.2, 0) is 4.79 Å². The van der Waals surface area contributed by atoms with Crippen molar-refractivity contribution in [2.75, 3.05) is 39.3 Å². The molecule has 1 aliphatic carbocycles. The maximum absolute atomic E-state index is 12.8. The monoisotopic (exact) mass is 467 g/mol. The molecule has 4 rings (SSSR count). The van der Waals surface area contributed by atoms with Crippen LogP contribution in [-0.4, -0.2) is 55.0 Å². The zero-order chi connectivity index (χ0) is 22.9. The molecule has 33 heavy (non-hydrogen) atoms. The minimum atomic E-state index is 0.185. The van der Waals surface area contributed by atoms with Gasteiger partial charge < -0.3 is 10.2 Å². The number of hydrogen-bond donors (Lipinski definition) is 1. The van der Waals surface area contributed by atoms with Crippen LogP contribution in [0.3, 0.4) is 0 Å². The van der Waals surface area contributed by atoms with Gasteiger partial charge in [0.15, 0.2) is 0 Å². The maximum Gasteiger partial charge on any atom is 0.222 e. The van der Waals surface area contributed by atoms with E-state index in [1.165, 1.54) is 43.2 Å². The Morgan fingerprint density at radius 3 is 2.27 bits per heavy atom. The van der Waals surface area contributed by atoms with Gasteiger partial charge in [0.1, 0.15) is 0 Å². The number of carbonyl (C=O) groups is 1. The fourth-order valence-electron chi connectivity index (χ4n) is 5.34. The summed E-state index contributed by atoms with van der Waals surface area (Å²) in [6.45, 7) is 5.44. The molecule has 0 radical (unpaired) electrons. The average molecular weight is 468 g/mol. The van der Waals surface area contributed by atoms with Crippen LogP contribution in [0.1, 0.15) is 62.1 Å². The second-order valence-corrected chi connectivity index (χ2v) is 10.0. The number of benzene rings is 2. The Balaban J connectivity index is 1.25. The van der Waals surface area contributed by atoms with Crippen LogP contribution in [0.15, 0.2) is 54.6 Å². The Kier molecular flexibility index (Phi) is 9.22. The quantitative estimate of drug-likeness (QED) is 0.493. The Labute approximate surface area is 204 Å². The third kappa shape index (κ3) is 7.05. The van der Waals surface area contributed by atoms with Gasteiger partial charge in [0.2, 0.25) is 5.91 Å². The number of piperazine rings is 1. The van der Waals surface area contributed by atoms with Gasteiger partial charge in [0, 0.05) is 37.6 Å². The first kappa shape index (κ1) is 24.3. The number of halogens is 1. The van der Waals surface area contributed by atoms with Gasteiger partial charge >= 0.3 is 0 Å². The molecule has 2 aromatic carbocycles. The smallest absolute Gasteiger partial charge is 0.222 e. The first-order valence-electron chi connectivity index (χ1n) is 12.7. The Morgan fingerprint density at radius 2 is 1.58 bits per heavy atom. The predicted octanol–water partition coefficient (Wildman–Crippen LogP) is 5.52. The topological polar surface area (TPSA) is 35.6 Å². The third-order valence-electron chi connectivity index (χ3n) is 7.24. The number of carbonyl (C=O) groups excluding carboxylic acids is 1. The predicted molar refractivity (Wildman–Crippen MR) is 137 cm³/mol. The summed E-state index contributed by atoms with van der Waals surface area (Å²) in [4.78, 5) is 17.3. The fraction of sp³-hybridized carbons (Fsp3) is 0.536. The van der Waals surface area contributed by atoms with Crippen LogP contribution in [0.2, 0.25) is 5.02 Å². The largest absolute Gasteiger partial charge is 0.340 e. The van der Waals surface area contributed by atoms with E-state index >= 15 is 0 Å². The molecule has 1 amide bonds. The van der Waals surface area contributed by atoms with Crippen LogP contribution in [0.4, 0.5) is 0 Å². The molecule has 1 saturated heterocycles. The highest BCUT2D eigenvalue weighted by atomic mass is 35.5. The summed E-state index contributed by atoms with van der Waals surface area (Å²) in [6, 6.07) is 19.0. The van der Waals surface area contributed by atoms with Gasteiger partial charge in [-0.05, 0) is 61.5 Å². The van der Waals surface area contributed by atoms with Gasteiger partial charge in [-0.1, -0.05) is 73.3 Å². The summed E-state index contributed by atoms with van der Waals surface area (Å²) in [5.74, 6) is 1.15. The van der Waals surface area contributed by atoms with Gasteiger partial charge in [0.25, 0.3) is 0 Å². The van der Waals surface area contributed by atoms with Crippen molar-refractivity contribution in [1.29, 1.82) is 0 Å². The Morgan fingerprint density at radius 1 is 0.909 bits per heavy atom. The van der Waals surface area contributed by atoms with Crippen molar-refractivity contribution in [3.05, 3.63) is 70.7 Å². The normalized spacial score (nSPS) is 18.9. The Bertz CT molecular complexity index is 843. The van der Waals surface area contributed by atoms with Crippen molar-refractivity contribution in [3.63, 3.8) is 0 Å². The van der Waals surface area contributed by atoms with E-state index in [0.29, 0.717) is 12.3 Å². The van der Waals surface area contributed by atoms with E-state index in [1.807, 2.05) is 12.1 Å². The molecule has 0 bridgehead atoms. The van der Waals surface area contributed by atoms with E-state index in [4.69, 9.17) is 11.6 Å². The molecule has 1 N–H and O–H groups in total. The van der Waals surface area contributed by atoms with Crippen molar-refractivity contribution in [3.8, 4) is 0 Å². The van der Waals surface area contributed by atoms with E-state index in [9.17, 15) is 4.79 Å². The molecule has 4 nitrogen and oxygen atoms in total. The second kappa shape index (κ2) is 12.5. The summed E-state index contributed by atoms with van der Waals surface area (Å²) in [7, 11) is 0. The van der Waals surface area contributed by atoms with E-state index in [1.54, 1.807) is 0 Å². The van der Waals surface area contributed by atoms with E-state index in [2.05, 4.69) is 57.6 Å². The molecule has 1 heterocycles. The zero-order valence-electron chi connectivity index (χ0n) is 19.7. The highest BCUT2D eigenvalue weighted by Crippen LogP contribution is 2.30. The third-order valence-corrected chi connectivity index (χ3v) is 7.49. The number of nitrogens with zero attached hydrogens (tertiary/aromatic N) is 2. The molecule has 1 atom stereocenters. The standard InChI is InChI=1S/C28H38ClN3O/c29-26-15-13-25(14-16-26)28(24-10-5-2-6-11-24)32-20-18-31(19-21-32)27(33)12-7-17-30-22-23-8-3-1-4-9-23/h2,5-6,10-11,13-16,23,28,30H,1,3-4,7-9,12,17-22H2. The summed E-state index contributed by atoms with van der Waals surface area (Å²) >= 11 is 6.14. The van der Waals surface area contributed by atoms with E-state index in [-0.39, 0.29) is 6.04 Å². The average Bonchev–Trinajstić information content (AvgIpc) is 2.87.